The average Bonchev–Trinajstić information content (AvgIpc) is 2.93. The Morgan fingerprint density at radius 2 is 1.67 bits per heavy atom. The van der Waals surface area contributed by atoms with Gasteiger partial charge in [-0.25, -0.2) is 9.59 Å². The van der Waals surface area contributed by atoms with Crippen LogP contribution in [0.3, 0.4) is 0 Å². The molecule has 1 aromatic carbocycles. The van der Waals surface area contributed by atoms with Crippen LogP contribution in [0, 0.1) is 6.92 Å². The predicted octanol–water partition coefficient (Wildman–Crippen LogP) is 4.87. The summed E-state index contributed by atoms with van der Waals surface area (Å²) in [5.41, 5.74) is 1.49. The van der Waals surface area contributed by atoms with Gasteiger partial charge in [-0.2, -0.15) is 0 Å². The standard InChI is InChI=1S/C18H19ClN2O4S2/c1-4-24-16(22)13-10(3)14(17(23)25-5-2)27-15(13)21-18(26)20-12-8-6-11(19)7-9-12/h6-9H,4-5H2,1-3H3,(H2,20,21,26). The highest BCUT2D eigenvalue weighted by atomic mass is 35.5. The van der Waals surface area contributed by atoms with Crippen molar-refractivity contribution >= 4 is 62.9 Å². The third-order valence-corrected chi connectivity index (χ3v) is 5.06. The lowest BCUT2D eigenvalue weighted by Gasteiger charge is -2.11. The van der Waals surface area contributed by atoms with E-state index in [0.717, 1.165) is 17.0 Å². The number of esters is 2. The van der Waals surface area contributed by atoms with Gasteiger partial charge in [-0.1, -0.05) is 11.6 Å². The van der Waals surface area contributed by atoms with Crippen LogP contribution in [0.5, 0.6) is 0 Å². The molecule has 0 radical (unpaired) electrons. The minimum absolute atomic E-state index is 0.218. The van der Waals surface area contributed by atoms with Crippen molar-refractivity contribution < 1.29 is 19.1 Å². The van der Waals surface area contributed by atoms with E-state index in [1.807, 2.05) is 0 Å². The number of hydrogen-bond acceptors (Lipinski definition) is 6. The van der Waals surface area contributed by atoms with E-state index in [4.69, 9.17) is 33.3 Å². The summed E-state index contributed by atoms with van der Waals surface area (Å²) in [5, 5.41) is 7.26. The number of benzene rings is 1. The number of rotatable bonds is 6. The molecule has 0 aliphatic heterocycles. The topological polar surface area (TPSA) is 76.7 Å². The van der Waals surface area contributed by atoms with E-state index in [1.54, 1.807) is 45.0 Å². The molecule has 0 spiro atoms. The lowest BCUT2D eigenvalue weighted by molar-refractivity contribution is 0.0527. The van der Waals surface area contributed by atoms with Gasteiger partial charge in [0.1, 0.15) is 9.88 Å². The summed E-state index contributed by atoms with van der Waals surface area (Å²) in [6.45, 7) is 5.57. The lowest BCUT2D eigenvalue weighted by Crippen LogP contribution is -2.20. The van der Waals surface area contributed by atoms with Gasteiger partial charge in [0.05, 0.1) is 18.8 Å². The van der Waals surface area contributed by atoms with Crippen molar-refractivity contribution in [1.29, 1.82) is 0 Å². The fraction of sp³-hybridized carbons (Fsp3) is 0.278. The minimum atomic E-state index is -0.529. The Kier molecular flexibility index (Phi) is 7.58. The molecule has 2 N–H and O–H groups in total. The zero-order valence-corrected chi connectivity index (χ0v) is 17.4. The lowest BCUT2D eigenvalue weighted by atomic mass is 10.1. The summed E-state index contributed by atoms with van der Waals surface area (Å²) >= 11 is 12.3. The highest BCUT2D eigenvalue weighted by Crippen LogP contribution is 2.34. The smallest absolute Gasteiger partial charge is 0.348 e. The summed E-state index contributed by atoms with van der Waals surface area (Å²) in [6.07, 6.45) is 0. The molecule has 1 aromatic heterocycles. The first-order chi connectivity index (χ1) is 12.9. The SMILES string of the molecule is CCOC(=O)c1sc(NC(=S)Nc2ccc(Cl)cc2)c(C(=O)OCC)c1C. The molecule has 0 saturated heterocycles. The summed E-state index contributed by atoms with van der Waals surface area (Å²) in [5.74, 6) is -1.02. The van der Waals surface area contributed by atoms with Gasteiger partial charge in [0.15, 0.2) is 5.11 Å². The Balaban J connectivity index is 2.28. The molecular formula is C18H19ClN2O4S2. The molecule has 0 saturated carbocycles. The molecular weight excluding hydrogens is 408 g/mol. The van der Waals surface area contributed by atoms with Gasteiger partial charge in [-0.15, -0.1) is 11.3 Å². The first kappa shape index (κ1) is 21.1. The maximum Gasteiger partial charge on any atom is 0.348 e. The number of thiophene rings is 1. The van der Waals surface area contributed by atoms with E-state index in [9.17, 15) is 9.59 Å². The third kappa shape index (κ3) is 5.41. The minimum Gasteiger partial charge on any atom is -0.462 e. The number of carbonyl (C=O) groups excluding carboxylic acids is 2. The Bertz CT molecular complexity index is 850. The summed E-state index contributed by atoms with van der Waals surface area (Å²) < 4.78 is 10.2. The number of ether oxygens (including phenoxy) is 2. The Labute approximate surface area is 171 Å². The van der Waals surface area contributed by atoms with Crippen molar-refractivity contribution in [3.8, 4) is 0 Å². The molecule has 2 aromatic rings. The van der Waals surface area contributed by atoms with Crippen LogP contribution in [0.4, 0.5) is 10.7 Å². The summed E-state index contributed by atoms with van der Waals surface area (Å²) in [6, 6.07) is 6.99. The largest absolute Gasteiger partial charge is 0.462 e. The Hall–Kier alpha value is -2.16. The van der Waals surface area contributed by atoms with E-state index >= 15 is 0 Å². The number of hydrogen-bond donors (Lipinski definition) is 2. The van der Waals surface area contributed by atoms with E-state index in [0.29, 0.717) is 20.5 Å². The zero-order valence-electron chi connectivity index (χ0n) is 15.1. The van der Waals surface area contributed by atoms with Gasteiger partial charge in [-0.05, 0) is 62.8 Å². The fourth-order valence-corrected chi connectivity index (χ4v) is 3.74. The first-order valence-electron chi connectivity index (χ1n) is 8.18. The van der Waals surface area contributed by atoms with Crippen molar-refractivity contribution in [2.45, 2.75) is 20.8 Å². The monoisotopic (exact) mass is 426 g/mol. The highest BCUT2D eigenvalue weighted by molar-refractivity contribution is 7.80. The molecule has 0 aliphatic rings. The Morgan fingerprint density at radius 1 is 1.07 bits per heavy atom. The molecule has 1 heterocycles. The molecule has 144 valence electrons. The summed E-state index contributed by atoms with van der Waals surface area (Å²) in [4.78, 5) is 24.9. The van der Waals surface area contributed by atoms with Crippen molar-refractivity contribution in [2.24, 2.45) is 0 Å². The second-order valence-corrected chi connectivity index (χ2v) is 7.15. The third-order valence-electron chi connectivity index (χ3n) is 3.42. The van der Waals surface area contributed by atoms with E-state index < -0.39 is 11.9 Å². The van der Waals surface area contributed by atoms with Gasteiger partial charge in [0.2, 0.25) is 0 Å². The molecule has 0 fully saturated rings. The number of carbonyl (C=O) groups is 2. The number of halogens is 1. The molecule has 0 aliphatic carbocycles. The average molecular weight is 427 g/mol. The van der Waals surface area contributed by atoms with Crippen LogP contribution in [0.25, 0.3) is 0 Å². The molecule has 27 heavy (non-hydrogen) atoms. The van der Waals surface area contributed by atoms with Crippen molar-refractivity contribution in [3.63, 3.8) is 0 Å². The molecule has 6 nitrogen and oxygen atoms in total. The van der Waals surface area contributed by atoms with Crippen LogP contribution in [0.2, 0.25) is 5.02 Å². The van der Waals surface area contributed by atoms with Crippen LogP contribution < -0.4 is 10.6 Å². The number of anilines is 2. The van der Waals surface area contributed by atoms with Gasteiger partial charge in [-0.3, -0.25) is 0 Å². The van der Waals surface area contributed by atoms with E-state index in [2.05, 4.69) is 10.6 Å². The molecule has 9 heteroatoms. The first-order valence-corrected chi connectivity index (χ1v) is 9.78. The van der Waals surface area contributed by atoms with Gasteiger partial charge < -0.3 is 20.1 Å². The van der Waals surface area contributed by atoms with Gasteiger partial charge in [0, 0.05) is 10.7 Å². The van der Waals surface area contributed by atoms with Gasteiger partial charge in [0.25, 0.3) is 0 Å². The molecule has 2 rings (SSSR count). The van der Waals surface area contributed by atoms with Crippen LogP contribution >= 0.6 is 35.2 Å². The fourth-order valence-electron chi connectivity index (χ4n) is 2.24. The van der Waals surface area contributed by atoms with Crippen LogP contribution in [-0.2, 0) is 9.47 Å². The highest BCUT2D eigenvalue weighted by Gasteiger charge is 2.26. The van der Waals surface area contributed by atoms with Crippen molar-refractivity contribution in [3.05, 3.63) is 45.3 Å². The second-order valence-electron chi connectivity index (χ2n) is 5.29. The van der Waals surface area contributed by atoms with E-state index in [1.165, 1.54) is 0 Å². The zero-order chi connectivity index (χ0) is 20.0. The predicted molar refractivity (Wildman–Crippen MR) is 112 cm³/mol. The van der Waals surface area contributed by atoms with Crippen LogP contribution in [-0.4, -0.2) is 30.3 Å². The maximum atomic E-state index is 12.4. The normalized spacial score (nSPS) is 10.2. The molecule has 0 unspecified atom stereocenters. The quantitative estimate of drug-likeness (QED) is 0.503. The van der Waals surface area contributed by atoms with Crippen molar-refractivity contribution in [2.75, 3.05) is 23.8 Å². The molecule has 0 bridgehead atoms. The molecule has 0 amide bonds. The Morgan fingerprint density at radius 3 is 2.26 bits per heavy atom. The summed E-state index contributed by atoms with van der Waals surface area (Å²) in [7, 11) is 0. The number of nitrogens with one attached hydrogen (secondary N) is 2. The van der Waals surface area contributed by atoms with Crippen molar-refractivity contribution in [1.82, 2.24) is 0 Å². The van der Waals surface area contributed by atoms with E-state index in [-0.39, 0.29) is 23.9 Å². The second kappa shape index (κ2) is 9.68. The maximum absolute atomic E-state index is 12.4. The van der Waals surface area contributed by atoms with Crippen LogP contribution in [0.1, 0.15) is 39.4 Å². The number of thiocarbonyl (C=S) groups is 1. The van der Waals surface area contributed by atoms with Gasteiger partial charge >= 0.3 is 11.9 Å². The van der Waals surface area contributed by atoms with Crippen LogP contribution in [0.15, 0.2) is 24.3 Å². The molecule has 0 atom stereocenters.